The van der Waals surface area contributed by atoms with Crippen molar-refractivity contribution in [1.82, 2.24) is 0 Å². The zero-order chi connectivity index (χ0) is 71.1. The van der Waals surface area contributed by atoms with Crippen LogP contribution in [0.4, 0.5) is 45.5 Å². The minimum atomic E-state index is -0.327. The molecule has 0 amide bonds. The molecule has 510 valence electrons. The molecule has 0 saturated carbocycles. The largest absolute Gasteiger partial charge is 0.497 e. The minimum Gasteiger partial charge on any atom is -0.497 e. The lowest BCUT2D eigenvalue weighted by Crippen LogP contribution is -2.22. The van der Waals surface area contributed by atoms with Gasteiger partial charge in [-0.15, -0.1) is 0 Å². The molecule has 2 unspecified atom stereocenters. The lowest BCUT2D eigenvalue weighted by atomic mass is 9.81. The summed E-state index contributed by atoms with van der Waals surface area (Å²) in [6, 6.07) is 139. The Morgan fingerprint density at radius 1 is 0.371 bits per heavy atom. The van der Waals surface area contributed by atoms with Crippen LogP contribution in [0.15, 0.2) is 382 Å². The summed E-state index contributed by atoms with van der Waals surface area (Å²) < 4.78 is 5.73. The molecule has 0 bridgehead atoms. The van der Waals surface area contributed by atoms with Gasteiger partial charge in [0.05, 0.1) is 12.8 Å². The second-order valence-electron chi connectivity index (χ2n) is 28.3. The molecular weight excluding hydrogens is 1270 g/mol. The van der Waals surface area contributed by atoms with Crippen molar-refractivity contribution in [3.63, 3.8) is 0 Å². The fourth-order valence-electron chi connectivity index (χ4n) is 15.9. The maximum Gasteiger partial charge on any atom is 0.119 e. The Balaban J connectivity index is 0.874. The molecule has 0 heterocycles. The van der Waals surface area contributed by atoms with Gasteiger partial charge in [0.2, 0.25) is 0 Å². The Morgan fingerprint density at radius 3 is 1.54 bits per heavy atom. The molecule has 4 nitrogen and oxygen atoms in total. The molecule has 15 aromatic rings. The molecule has 2 atom stereocenters. The van der Waals surface area contributed by atoms with Crippen molar-refractivity contribution < 1.29 is 4.74 Å². The average Bonchev–Trinajstić information content (AvgIpc) is 1.62. The van der Waals surface area contributed by atoms with Crippen molar-refractivity contribution >= 4 is 61.8 Å². The van der Waals surface area contributed by atoms with E-state index in [9.17, 15) is 0 Å². The van der Waals surface area contributed by atoms with Gasteiger partial charge in [0.15, 0.2) is 0 Å². The predicted octanol–water partition coefficient (Wildman–Crippen LogP) is 26.0. The zero-order valence-corrected chi connectivity index (χ0v) is 60.1. The highest BCUT2D eigenvalue weighted by Gasteiger charge is 2.37. The summed E-state index contributed by atoms with van der Waals surface area (Å²) in [7, 11) is 1.74. The number of rotatable bonds is 23. The monoisotopic (exact) mass is 1360 g/mol. The second kappa shape index (κ2) is 30.2. The minimum absolute atomic E-state index is 0.158. The molecule has 105 heavy (non-hydrogen) atoms. The molecule has 1 aliphatic carbocycles. The van der Waals surface area contributed by atoms with Gasteiger partial charge in [0, 0.05) is 69.0 Å². The third-order valence-electron chi connectivity index (χ3n) is 21.3. The molecule has 15 aromatic carbocycles. The molecule has 0 saturated heterocycles. The summed E-state index contributed by atoms with van der Waals surface area (Å²) in [4.78, 5) is 7.51. The van der Waals surface area contributed by atoms with E-state index in [2.05, 4.69) is 412 Å². The second-order valence-corrected chi connectivity index (χ2v) is 28.3. The molecule has 0 fully saturated rings. The first-order valence-electron chi connectivity index (χ1n) is 36.9. The maximum absolute atomic E-state index is 5.73. The third kappa shape index (κ3) is 14.2. The third-order valence-corrected chi connectivity index (χ3v) is 21.3. The highest BCUT2D eigenvalue weighted by molar-refractivity contribution is 6.01. The standard InChI is InChI=1S/C101H85N3O/c1-72-47-49-73(50-48-72)63-64-102(82-55-53-78(54-56-82)96(77-33-16-7-17-34-77)65-74-29-12-5-13-30-74)87-67-81(100(79-35-18-8-19-36-79)95-61-62-99(94-46-27-26-45-91(94)95)104(84-40-22-10-23-41-84)85-42-24-11-25-43-85)68-88(70-87)103(83-38-20-9-21-39-83)86-57-60-93-92-59-52-75(66-97(92)101(2,3)98(93)71-86)51-58-90(76-31-14-6-15-32-76)80-37-28-44-89(69-80)105-4/h5-50,52-62,66-71,96,100H,51,63-65H2,1-4H3/b90-58+. The van der Waals surface area contributed by atoms with Gasteiger partial charge in [-0.2, -0.15) is 0 Å². The number of hydrogen-bond acceptors (Lipinski definition) is 4. The quantitative estimate of drug-likeness (QED) is 0.0594. The topological polar surface area (TPSA) is 19.0 Å². The van der Waals surface area contributed by atoms with Crippen LogP contribution in [0, 0.1) is 6.92 Å². The number of methoxy groups -OCH3 is 1. The molecule has 16 rings (SSSR count). The van der Waals surface area contributed by atoms with Crippen LogP contribution in [0.3, 0.4) is 0 Å². The Kier molecular flexibility index (Phi) is 19.3. The number of fused-ring (bicyclic) bond motifs is 4. The molecule has 1 aliphatic rings. The van der Waals surface area contributed by atoms with E-state index in [-0.39, 0.29) is 17.3 Å². The van der Waals surface area contributed by atoms with Gasteiger partial charge in [-0.25, -0.2) is 0 Å². The van der Waals surface area contributed by atoms with Crippen LogP contribution in [-0.2, 0) is 24.7 Å². The fourth-order valence-corrected chi connectivity index (χ4v) is 15.9. The highest BCUT2D eigenvalue weighted by atomic mass is 16.5. The van der Waals surface area contributed by atoms with Gasteiger partial charge in [0.1, 0.15) is 5.75 Å². The van der Waals surface area contributed by atoms with Gasteiger partial charge in [-0.3, -0.25) is 0 Å². The highest BCUT2D eigenvalue weighted by Crippen LogP contribution is 2.53. The first-order valence-corrected chi connectivity index (χ1v) is 36.9. The summed E-state index contributed by atoms with van der Waals surface area (Å²) >= 11 is 0. The van der Waals surface area contributed by atoms with Crippen LogP contribution in [0.1, 0.15) is 98.0 Å². The summed E-state index contributed by atoms with van der Waals surface area (Å²) in [6.07, 6.45) is 4.87. The van der Waals surface area contributed by atoms with Gasteiger partial charge in [-0.05, 0) is 212 Å². The Hall–Kier alpha value is -12.5. The van der Waals surface area contributed by atoms with Gasteiger partial charge >= 0.3 is 0 Å². The van der Waals surface area contributed by atoms with Crippen LogP contribution in [0.2, 0.25) is 0 Å². The average molecular weight is 1360 g/mol. The van der Waals surface area contributed by atoms with E-state index in [1.165, 1.54) is 94.2 Å². The number of nitrogens with zero attached hydrogens (tertiary/aromatic N) is 3. The summed E-state index contributed by atoms with van der Waals surface area (Å²) in [6.45, 7) is 7.73. The van der Waals surface area contributed by atoms with Crippen molar-refractivity contribution in [1.29, 1.82) is 0 Å². The Bertz CT molecular complexity index is 5450. The SMILES string of the molecule is COc1cccc(/C(=C/Cc2ccc3c(c2)C(C)(C)c2cc(N(c4ccccc4)c4cc(C(c5ccccc5)c5ccc(N(c6ccccc6)c6ccccc6)c6ccccc56)cc(N(CCc5ccc(C)cc5)c5ccc(C(Cc6ccccc6)c6ccccc6)cc5)c4)ccc2-3)c2ccccc2)c1. The molecule has 0 aromatic heterocycles. The smallest absolute Gasteiger partial charge is 0.119 e. The van der Waals surface area contributed by atoms with Crippen molar-refractivity contribution in [2.75, 3.05) is 28.4 Å². The Labute approximate surface area is 619 Å². The lowest BCUT2D eigenvalue weighted by molar-refractivity contribution is 0.414. The molecule has 0 aliphatic heterocycles. The van der Waals surface area contributed by atoms with Crippen LogP contribution in [-0.4, -0.2) is 13.7 Å². The number of aryl methyl sites for hydroxylation is 1. The van der Waals surface area contributed by atoms with Crippen LogP contribution in [0.5, 0.6) is 5.75 Å². The van der Waals surface area contributed by atoms with Crippen molar-refractivity contribution in [3.05, 3.63) is 455 Å². The number of hydrogen-bond donors (Lipinski definition) is 0. The summed E-state index contributed by atoms with van der Waals surface area (Å²) in [5.74, 6) is 0.786. The van der Waals surface area contributed by atoms with Crippen molar-refractivity contribution in [2.45, 2.75) is 57.3 Å². The predicted molar refractivity (Wildman–Crippen MR) is 442 cm³/mol. The van der Waals surface area contributed by atoms with E-state index in [1.807, 2.05) is 6.07 Å². The number of allylic oxidation sites excluding steroid dienone is 1. The zero-order valence-electron chi connectivity index (χ0n) is 60.1. The summed E-state index contributed by atoms with van der Waals surface area (Å²) in [5.41, 5.74) is 28.4. The first-order chi connectivity index (χ1) is 51.7. The van der Waals surface area contributed by atoms with Gasteiger partial charge < -0.3 is 19.4 Å². The van der Waals surface area contributed by atoms with E-state index in [0.717, 1.165) is 82.6 Å². The molecule has 0 radical (unpaired) electrons. The van der Waals surface area contributed by atoms with Crippen molar-refractivity contribution in [3.8, 4) is 16.9 Å². The van der Waals surface area contributed by atoms with Crippen molar-refractivity contribution in [2.24, 2.45) is 0 Å². The van der Waals surface area contributed by atoms with E-state index >= 15 is 0 Å². The van der Waals surface area contributed by atoms with Crippen LogP contribution >= 0.6 is 0 Å². The van der Waals surface area contributed by atoms with Crippen LogP contribution in [0.25, 0.3) is 27.5 Å². The van der Waals surface area contributed by atoms with E-state index < -0.39 is 0 Å². The Morgan fingerprint density at radius 2 is 0.895 bits per heavy atom. The number of ether oxygens (including phenoxy) is 1. The molecular formula is C101H85N3O. The van der Waals surface area contributed by atoms with Crippen LogP contribution < -0.4 is 19.4 Å². The molecule has 0 N–H and O–H groups in total. The molecule has 0 spiro atoms. The maximum atomic E-state index is 5.73. The normalized spacial score (nSPS) is 12.8. The lowest BCUT2D eigenvalue weighted by Gasteiger charge is -2.33. The number of anilines is 8. The van der Waals surface area contributed by atoms with E-state index in [1.54, 1.807) is 7.11 Å². The fraction of sp³-hybridized carbons (Fsp3) is 0.109. The van der Waals surface area contributed by atoms with E-state index in [0.29, 0.717) is 0 Å². The number of para-hydroxylation sites is 3. The van der Waals surface area contributed by atoms with E-state index in [4.69, 9.17) is 4.74 Å². The van der Waals surface area contributed by atoms with Gasteiger partial charge in [0.25, 0.3) is 0 Å². The summed E-state index contributed by atoms with van der Waals surface area (Å²) in [5, 5.41) is 2.36. The molecule has 4 heteroatoms. The first kappa shape index (κ1) is 67.0. The number of benzene rings is 15. The van der Waals surface area contributed by atoms with Gasteiger partial charge in [-0.1, -0.05) is 305 Å².